The second-order valence-corrected chi connectivity index (χ2v) is 8.89. The van der Waals surface area contributed by atoms with Gasteiger partial charge in [-0.2, -0.15) is 4.31 Å². The number of sulfonamides is 1. The molecule has 1 fully saturated rings. The van der Waals surface area contributed by atoms with Gasteiger partial charge in [0.05, 0.1) is 23.0 Å². The minimum absolute atomic E-state index is 0.0171. The van der Waals surface area contributed by atoms with Gasteiger partial charge in [-0.25, -0.2) is 8.42 Å². The Labute approximate surface area is 180 Å². The van der Waals surface area contributed by atoms with Gasteiger partial charge in [0.2, 0.25) is 10.0 Å². The first-order valence-electron chi connectivity index (χ1n) is 9.59. The zero-order valence-electron chi connectivity index (χ0n) is 16.9. The van der Waals surface area contributed by atoms with Crippen LogP contribution < -0.4 is 10.1 Å². The summed E-state index contributed by atoms with van der Waals surface area (Å²) in [5, 5.41) is 13.7. The van der Waals surface area contributed by atoms with Gasteiger partial charge in [0.15, 0.2) is 12.4 Å². The summed E-state index contributed by atoms with van der Waals surface area (Å²) in [6.45, 7) is 2.89. The zero-order valence-corrected chi connectivity index (χ0v) is 17.8. The van der Waals surface area contributed by atoms with E-state index in [2.05, 4.69) is 5.32 Å². The lowest BCUT2D eigenvalue weighted by atomic mass is 10.2. The molecule has 2 aromatic rings. The summed E-state index contributed by atoms with van der Waals surface area (Å²) in [6.07, 6.45) is 0. The van der Waals surface area contributed by atoms with Crippen LogP contribution in [0.5, 0.6) is 5.75 Å². The normalized spacial score (nSPS) is 14.7. The van der Waals surface area contributed by atoms with E-state index in [1.165, 1.54) is 28.6 Å². The third-order valence-corrected chi connectivity index (χ3v) is 6.60. The highest BCUT2D eigenvalue weighted by Crippen LogP contribution is 2.27. The Morgan fingerprint density at radius 1 is 1.19 bits per heavy atom. The summed E-state index contributed by atoms with van der Waals surface area (Å²) in [5.41, 5.74) is 1.21. The van der Waals surface area contributed by atoms with Crippen molar-refractivity contribution >= 4 is 21.6 Å². The molecule has 0 atom stereocenters. The van der Waals surface area contributed by atoms with Gasteiger partial charge in [-0.3, -0.25) is 14.9 Å². The van der Waals surface area contributed by atoms with Crippen LogP contribution in [-0.4, -0.2) is 56.5 Å². The lowest BCUT2D eigenvalue weighted by Crippen LogP contribution is -2.40. The number of carbonyl (C=O) groups is 1. The van der Waals surface area contributed by atoms with Crippen LogP contribution in [0, 0.1) is 17.0 Å². The van der Waals surface area contributed by atoms with E-state index in [-0.39, 0.29) is 29.5 Å². The number of ether oxygens (including phenoxy) is 2. The predicted octanol–water partition coefficient (Wildman–Crippen LogP) is 1.62. The largest absolute Gasteiger partial charge is 0.477 e. The molecule has 3 rings (SSSR count). The Morgan fingerprint density at radius 3 is 2.52 bits per heavy atom. The summed E-state index contributed by atoms with van der Waals surface area (Å²) in [7, 11) is -3.57. The van der Waals surface area contributed by atoms with Crippen LogP contribution in [0.4, 0.5) is 5.69 Å². The maximum atomic E-state index is 12.6. The Morgan fingerprint density at radius 2 is 1.87 bits per heavy atom. The van der Waals surface area contributed by atoms with Gasteiger partial charge in [-0.15, -0.1) is 0 Å². The van der Waals surface area contributed by atoms with E-state index < -0.39 is 20.9 Å². The number of carbonyl (C=O) groups excluding carboxylic acids is 1. The fraction of sp³-hybridized carbons (Fsp3) is 0.350. The number of morpholine rings is 1. The summed E-state index contributed by atoms with van der Waals surface area (Å²) >= 11 is 0. The molecule has 166 valence electrons. The maximum absolute atomic E-state index is 12.6. The lowest BCUT2D eigenvalue weighted by molar-refractivity contribution is -0.385. The van der Waals surface area contributed by atoms with Crippen molar-refractivity contribution in [3.63, 3.8) is 0 Å². The molecule has 1 heterocycles. The third-order valence-electron chi connectivity index (χ3n) is 4.69. The van der Waals surface area contributed by atoms with Gasteiger partial charge in [0.25, 0.3) is 5.91 Å². The number of hydrogen-bond donors (Lipinski definition) is 1. The molecule has 0 bridgehead atoms. The molecule has 0 radical (unpaired) electrons. The monoisotopic (exact) mass is 449 g/mol. The Balaban J connectivity index is 1.53. The first kappa shape index (κ1) is 22.7. The number of nitrogens with zero attached hydrogens (tertiary/aromatic N) is 2. The molecule has 0 saturated carbocycles. The van der Waals surface area contributed by atoms with E-state index in [1.807, 2.05) is 0 Å². The van der Waals surface area contributed by atoms with Crippen molar-refractivity contribution < 1.29 is 27.6 Å². The smallest absolute Gasteiger partial charge is 0.311 e. The molecule has 0 spiro atoms. The second kappa shape index (κ2) is 9.86. The van der Waals surface area contributed by atoms with E-state index in [4.69, 9.17) is 9.47 Å². The summed E-state index contributed by atoms with van der Waals surface area (Å²) in [6, 6.07) is 10.7. The molecule has 11 heteroatoms. The third kappa shape index (κ3) is 5.78. The van der Waals surface area contributed by atoms with Crippen LogP contribution in [0.3, 0.4) is 0 Å². The number of benzene rings is 2. The number of nitro groups is 1. The lowest BCUT2D eigenvalue weighted by Gasteiger charge is -2.26. The van der Waals surface area contributed by atoms with Crippen molar-refractivity contribution in [2.75, 3.05) is 32.9 Å². The summed E-state index contributed by atoms with van der Waals surface area (Å²) in [4.78, 5) is 22.8. The molecular formula is C20H23N3O7S. The van der Waals surface area contributed by atoms with Crippen LogP contribution in [0.1, 0.15) is 11.1 Å². The number of nitrogens with one attached hydrogen (secondary N) is 1. The average molecular weight is 449 g/mol. The first-order chi connectivity index (χ1) is 14.8. The first-order valence-corrected chi connectivity index (χ1v) is 11.0. The van der Waals surface area contributed by atoms with Crippen molar-refractivity contribution in [2.24, 2.45) is 0 Å². The SMILES string of the molecule is Cc1ccc(OCC(=O)NCc2ccc(S(=O)(=O)N3CCOCC3)cc2)c([N+](=O)[O-])c1. The fourth-order valence-electron chi connectivity index (χ4n) is 3.00. The minimum atomic E-state index is -3.57. The van der Waals surface area contributed by atoms with E-state index in [0.29, 0.717) is 37.4 Å². The van der Waals surface area contributed by atoms with Crippen LogP contribution in [-0.2, 0) is 26.1 Å². The molecule has 1 amide bonds. The van der Waals surface area contributed by atoms with E-state index in [9.17, 15) is 23.3 Å². The minimum Gasteiger partial charge on any atom is -0.477 e. The molecule has 1 N–H and O–H groups in total. The predicted molar refractivity (Wildman–Crippen MR) is 111 cm³/mol. The Kier molecular flexibility index (Phi) is 7.21. The highest BCUT2D eigenvalue weighted by atomic mass is 32.2. The standard InChI is InChI=1S/C20H23N3O7S/c1-15-2-7-19(18(12-15)23(25)26)30-14-20(24)21-13-16-3-5-17(6-4-16)31(27,28)22-8-10-29-11-9-22/h2-7,12H,8-11,13-14H2,1H3,(H,21,24). The zero-order chi connectivity index (χ0) is 22.4. The molecule has 1 aliphatic heterocycles. The number of rotatable bonds is 8. The van der Waals surface area contributed by atoms with Gasteiger partial charge in [0.1, 0.15) is 0 Å². The topological polar surface area (TPSA) is 128 Å². The molecule has 2 aromatic carbocycles. The van der Waals surface area contributed by atoms with Crippen molar-refractivity contribution in [3.8, 4) is 5.75 Å². The highest BCUT2D eigenvalue weighted by Gasteiger charge is 2.26. The molecule has 1 aliphatic rings. The molecule has 31 heavy (non-hydrogen) atoms. The Bertz CT molecular complexity index is 1050. The van der Waals surface area contributed by atoms with Crippen molar-refractivity contribution in [3.05, 3.63) is 63.7 Å². The summed E-state index contributed by atoms with van der Waals surface area (Å²) in [5.74, 6) is -0.441. The average Bonchev–Trinajstić information content (AvgIpc) is 2.77. The number of hydrogen-bond acceptors (Lipinski definition) is 7. The summed E-state index contributed by atoms with van der Waals surface area (Å²) < 4.78 is 37.1. The van der Waals surface area contributed by atoms with Crippen LogP contribution in [0.25, 0.3) is 0 Å². The van der Waals surface area contributed by atoms with Crippen LogP contribution in [0.15, 0.2) is 47.4 Å². The fourth-order valence-corrected chi connectivity index (χ4v) is 4.41. The van der Waals surface area contributed by atoms with E-state index >= 15 is 0 Å². The molecule has 0 aliphatic carbocycles. The van der Waals surface area contributed by atoms with Gasteiger partial charge in [0, 0.05) is 25.7 Å². The maximum Gasteiger partial charge on any atom is 0.311 e. The molecular weight excluding hydrogens is 426 g/mol. The number of amides is 1. The molecule has 0 unspecified atom stereocenters. The van der Waals surface area contributed by atoms with Gasteiger partial charge in [-0.05, 0) is 36.2 Å². The van der Waals surface area contributed by atoms with Gasteiger partial charge >= 0.3 is 5.69 Å². The Hall–Kier alpha value is -3.02. The second-order valence-electron chi connectivity index (χ2n) is 6.95. The number of aryl methyl sites for hydroxylation is 1. The van der Waals surface area contributed by atoms with Crippen molar-refractivity contribution in [2.45, 2.75) is 18.4 Å². The molecule has 1 saturated heterocycles. The molecule has 10 nitrogen and oxygen atoms in total. The van der Waals surface area contributed by atoms with E-state index in [0.717, 1.165) is 0 Å². The quantitative estimate of drug-likeness (QED) is 0.479. The van der Waals surface area contributed by atoms with Crippen molar-refractivity contribution in [1.29, 1.82) is 0 Å². The van der Waals surface area contributed by atoms with Crippen molar-refractivity contribution in [1.82, 2.24) is 9.62 Å². The van der Waals surface area contributed by atoms with E-state index in [1.54, 1.807) is 25.1 Å². The van der Waals surface area contributed by atoms with Crippen LogP contribution >= 0.6 is 0 Å². The van der Waals surface area contributed by atoms with Gasteiger partial charge < -0.3 is 14.8 Å². The van der Waals surface area contributed by atoms with Gasteiger partial charge in [-0.1, -0.05) is 18.2 Å². The highest BCUT2D eigenvalue weighted by molar-refractivity contribution is 7.89. The molecule has 0 aromatic heterocycles. The van der Waals surface area contributed by atoms with Crippen LogP contribution in [0.2, 0.25) is 0 Å². The number of nitro benzene ring substituents is 1.